The van der Waals surface area contributed by atoms with E-state index in [9.17, 15) is 9.59 Å². The molecule has 0 saturated heterocycles. The van der Waals surface area contributed by atoms with E-state index in [-0.39, 0.29) is 25.0 Å². The minimum atomic E-state index is -0.265. The zero-order valence-electron chi connectivity index (χ0n) is 15.5. The molecule has 5 rings (SSSR count). The molecule has 1 unspecified atom stereocenters. The minimum Gasteiger partial charge on any atom is -0.475 e. The smallest absolute Gasteiger partial charge is 0.261 e. The van der Waals surface area contributed by atoms with Crippen molar-refractivity contribution in [3.63, 3.8) is 0 Å². The molecule has 0 bridgehead atoms. The highest BCUT2D eigenvalue weighted by molar-refractivity contribution is 7.18. The topological polar surface area (TPSA) is 72.4 Å². The van der Waals surface area contributed by atoms with E-state index < -0.39 is 0 Å². The second-order valence-electron chi connectivity index (χ2n) is 7.37. The Balaban J connectivity index is 1.35. The molecule has 0 spiro atoms. The van der Waals surface area contributed by atoms with Gasteiger partial charge in [0.2, 0.25) is 5.88 Å². The molecule has 28 heavy (non-hydrogen) atoms. The van der Waals surface area contributed by atoms with Crippen LogP contribution in [0.15, 0.2) is 30.6 Å². The van der Waals surface area contributed by atoms with Crippen molar-refractivity contribution in [3.05, 3.63) is 52.2 Å². The van der Waals surface area contributed by atoms with E-state index in [0.717, 1.165) is 29.5 Å². The molecule has 6 nitrogen and oxygen atoms in total. The van der Waals surface area contributed by atoms with Gasteiger partial charge in [0.1, 0.15) is 17.8 Å². The number of ether oxygens (including phenoxy) is 1. The molecule has 1 aliphatic carbocycles. The van der Waals surface area contributed by atoms with Gasteiger partial charge in [0.15, 0.2) is 0 Å². The van der Waals surface area contributed by atoms with Crippen molar-refractivity contribution in [2.45, 2.75) is 26.2 Å². The number of hydrogen-bond acceptors (Lipinski definition) is 6. The number of hydrogen-bond donors (Lipinski definition) is 0. The van der Waals surface area contributed by atoms with Crippen LogP contribution in [0, 0.1) is 5.92 Å². The lowest BCUT2D eigenvalue weighted by molar-refractivity contribution is 0.0630. The van der Waals surface area contributed by atoms with E-state index in [1.165, 1.54) is 21.7 Å². The lowest BCUT2D eigenvalue weighted by Crippen LogP contribution is -2.33. The number of benzene rings is 1. The van der Waals surface area contributed by atoms with Crippen LogP contribution in [0.3, 0.4) is 0 Å². The number of amides is 2. The molecular weight excluding hydrogens is 374 g/mol. The lowest BCUT2D eigenvalue weighted by atomic mass is 9.89. The van der Waals surface area contributed by atoms with Crippen LogP contribution in [0.4, 0.5) is 0 Å². The van der Waals surface area contributed by atoms with Gasteiger partial charge in [0.25, 0.3) is 11.8 Å². The standard InChI is InChI=1S/C21H19N3O3S/c1-12-6-7-15-16(10-12)28-19-17(15)18(22-11-23-19)27-9-8-24-20(25)13-4-2-3-5-14(13)21(24)26/h2-5,11-12H,6-10H2,1H3. The third-order valence-corrected chi connectivity index (χ3v) is 6.65. The van der Waals surface area contributed by atoms with E-state index in [0.29, 0.717) is 22.9 Å². The van der Waals surface area contributed by atoms with E-state index in [1.54, 1.807) is 35.6 Å². The summed E-state index contributed by atoms with van der Waals surface area (Å²) < 4.78 is 5.94. The third kappa shape index (κ3) is 2.69. The molecule has 0 radical (unpaired) electrons. The normalized spacial score (nSPS) is 18.5. The van der Waals surface area contributed by atoms with Gasteiger partial charge in [-0.15, -0.1) is 11.3 Å². The highest BCUT2D eigenvalue weighted by Gasteiger charge is 2.34. The first-order valence-electron chi connectivity index (χ1n) is 9.46. The van der Waals surface area contributed by atoms with Gasteiger partial charge in [-0.05, 0) is 42.9 Å². The van der Waals surface area contributed by atoms with E-state index in [1.807, 2.05) is 0 Å². The molecule has 1 aromatic carbocycles. The number of nitrogens with zero attached hydrogens (tertiary/aromatic N) is 3. The van der Waals surface area contributed by atoms with E-state index >= 15 is 0 Å². The van der Waals surface area contributed by atoms with Crippen LogP contribution in [-0.2, 0) is 12.8 Å². The Kier molecular flexibility index (Phi) is 4.12. The van der Waals surface area contributed by atoms with Crippen LogP contribution in [0.5, 0.6) is 5.88 Å². The SMILES string of the molecule is CC1CCc2c(sc3ncnc(OCCN4C(=O)c5ccccc5C4=O)c23)C1. The van der Waals surface area contributed by atoms with Crippen LogP contribution in [-0.4, -0.2) is 39.8 Å². The minimum absolute atomic E-state index is 0.196. The van der Waals surface area contributed by atoms with Crippen molar-refractivity contribution in [1.29, 1.82) is 0 Å². The summed E-state index contributed by atoms with van der Waals surface area (Å²) in [5.74, 6) is 0.707. The largest absolute Gasteiger partial charge is 0.475 e. The van der Waals surface area contributed by atoms with Gasteiger partial charge in [-0.1, -0.05) is 19.1 Å². The quantitative estimate of drug-likeness (QED) is 0.635. The van der Waals surface area contributed by atoms with Gasteiger partial charge in [-0.3, -0.25) is 14.5 Å². The molecule has 0 fully saturated rings. The second-order valence-corrected chi connectivity index (χ2v) is 8.45. The fraction of sp³-hybridized carbons (Fsp3) is 0.333. The zero-order chi connectivity index (χ0) is 19.3. The summed E-state index contributed by atoms with van der Waals surface area (Å²) in [7, 11) is 0. The first-order chi connectivity index (χ1) is 13.6. The molecule has 0 saturated carbocycles. The number of aryl methyl sites for hydroxylation is 1. The fourth-order valence-corrected chi connectivity index (χ4v) is 5.37. The van der Waals surface area contributed by atoms with Gasteiger partial charge in [-0.2, -0.15) is 0 Å². The summed E-state index contributed by atoms with van der Waals surface area (Å²) in [5.41, 5.74) is 2.21. The average Bonchev–Trinajstić information content (AvgIpc) is 3.18. The predicted molar refractivity (Wildman–Crippen MR) is 106 cm³/mol. The highest BCUT2D eigenvalue weighted by Crippen LogP contribution is 2.40. The number of rotatable bonds is 4. The molecule has 1 aliphatic heterocycles. The molecule has 3 heterocycles. The van der Waals surface area contributed by atoms with Gasteiger partial charge in [0, 0.05) is 4.88 Å². The van der Waals surface area contributed by atoms with Gasteiger partial charge < -0.3 is 4.74 Å². The second kappa shape index (κ2) is 6.67. The summed E-state index contributed by atoms with van der Waals surface area (Å²) in [5, 5.41) is 0.997. The molecule has 7 heteroatoms. The number of carbonyl (C=O) groups excluding carboxylic acids is 2. The van der Waals surface area contributed by atoms with Gasteiger partial charge in [-0.25, -0.2) is 9.97 Å². The molecule has 1 atom stereocenters. The summed E-state index contributed by atoms with van der Waals surface area (Å²) in [4.78, 5) is 37.3. The van der Waals surface area contributed by atoms with Gasteiger partial charge in [0.05, 0.1) is 23.1 Å². The van der Waals surface area contributed by atoms with Crippen molar-refractivity contribution < 1.29 is 14.3 Å². The number of carbonyl (C=O) groups is 2. The number of fused-ring (bicyclic) bond motifs is 4. The maximum absolute atomic E-state index is 12.5. The van der Waals surface area contributed by atoms with Crippen molar-refractivity contribution >= 4 is 33.4 Å². The summed E-state index contributed by atoms with van der Waals surface area (Å²) in [6.45, 7) is 2.68. The number of thiophene rings is 1. The molecule has 2 aliphatic rings. The Morgan fingerprint density at radius 1 is 1.18 bits per heavy atom. The number of aromatic nitrogens is 2. The fourth-order valence-electron chi connectivity index (χ4n) is 4.03. The first-order valence-corrected chi connectivity index (χ1v) is 10.3. The van der Waals surface area contributed by atoms with Crippen molar-refractivity contribution in [2.24, 2.45) is 5.92 Å². The molecule has 142 valence electrons. The summed E-state index contributed by atoms with van der Waals surface area (Å²) in [6.07, 6.45) is 4.76. The lowest BCUT2D eigenvalue weighted by Gasteiger charge is -2.18. The summed E-state index contributed by atoms with van der Waals surface area (Å²) in [6, 6.07) is 6.90. The van der Waals surface area contributed by atoms with Crippen molar-refractivity contribution in [3.8, 4) is 5.88 Å². The van der Waals surface area contributed by atoms with Crippen molar-refractivity contribution in [1.82, 2.24) is 14.9 Å². The van der Waals surface area contributed by atoms with Crippen LogP contribution in [0.1, 0.15) is 44.5 Å². The van der Waals surface area contributed by atoms with Crippen molar-refractivity contribution in [2.75, 3.05) is 13.2 Å². The Labute approximate surface area is 166 Å². The maximum atomic E-state index is 12.5. The third-order valence-electron chi connectivity index (χ3n) is 5.49. The average molecular weight is 393 g/mol. The number of imide groups is 1. The van der Waals surface area contributed by atoms with Crippen LogP contribution >= 0.6 is 11.3 Å². The van der Waals surface area contributed by atoms with Crippen LogP contribution in [0.2, 0.25) is 0 Å². The molecular formula is C21H19N3O3S. The Morgan fingerprint density at radius 3 is 2.68 bits per heavy atom. The predicted octanol–water partition coefficient (Wildman–Crippen LogP) is 3.49. The van der Waals surface area contributed by atoms with Crippen LogP contribution < -0.4 is 4.74 Å². The van der Waals surface area contributed by atoms with Gasteiger partial charge >= 0.3 is 0 Å². The molecule has 3 aromatic rings. The molecule has 2 aromatic heterocycles. The molecule has 0 N–H and O–H groups in total. The first kappa shape index (κ1) is 17.3. The Morgan fingerprint density at radius 2 is 1.93 bits per heavy atom. The maximum Gasteiger partial charge on any atom is 0.261 e. The Bertz CT molecular complexity index is 1070. The van der Waals surface area contributed by atoms with Crippen LogP contribution in [0.25, 0.3) is 10.2 Å². The summed E-state index contributed by atoms with van der Waals surface area (Å²) >= 11 is 1.72. The van der Waals surface area contributed by atoms with E-state index in [2.05, 4.69) is 16.9 Å². The molecule has 2 amide bonds. The Hall–Kier alpha value is -2.80. The highest BCUT2D eigenvalue weighted by atomic mass is 32.1. The van der Waals surface area contributed by atoms with E-state index in [4.69, 9.17) is 4.74 Å². The zero-order valence-corrected chi connectivity index (χ0v) is 16.3. The monoisotopic (exact) mass is 393 g/mol.